The normalized spacial score (nSPS) is 10.6. The van der Waals surface area contributed by atoms with Crippen molar-refractivity contribution in [3.8, 4) is 11.3 Å². The van der Waals surface area contributed by atoms with E-state index in [1.54, 1.807) is 18.6 Å². The van der Waals surface area contributed by atoms with Gasteiger partial charge in [-0.25, -0.2) is 4.98 Å². The summed E-state index contributed by atoms with van der Waals surface area (Å²) in [7, 11) is 0. The second-order valence-electron chi connectivity index (χ2n) is 5.09. The average molecular weight is 295 g/mol. The highest BCUT2D eigenvalue weighted by molar-refractivity contribution is 5.93. The fourth-order valence-electron chi connectivity index (χ4n) is 2.12. The van der Waals surface area contributed by atoms with Gasteiger partial charge in [-0.3, -0.25) is 9.89 Å². The number of hydrogen-bond donors (Lipinski definition) is 2. The Morgan fingerprint density at radius 1 is 1.32 bits per heavy atom. The second-order valence-corrected chi connectivity index (χ2v) is 5.09. The third kappa shape index (κ3) is 3.22. The topological polar surface area (TPSA) is 75.6 Å². The van der Waals surface area contributed by atoms with Crippen LogP contribution in [0.4, 0.5) is 0 Å². The molecule has 1 aromatic carbocycles. The molecule has 2 aromatic heterocycles. The Labute approximate surface area is 128 Å². The smallest absolute Gasteiger partial charge is 0.269 e. The zero-order valence-electron chi connectivity index (χ0n) is 12.3. The van der Waals surface area contributed by atoms with E-state index < -0.39 is 0 Å². The summed E-state index contributed by atoms with van der Waals surface area (Å²) in [5.41, 5.74) is 3.40. The Hall–Kier alpha value is -2.89. The zero-order chi connectivity index (χ0) is 15.4. The molecule has 0 bridgehead atoms. The van der Waals surface area contributed by atoms with Gasteiger partial charge in [-0.2, -0.15) is 5.10 Å². The van der Waals surface area contributed by atoms with Crippen LogP contribution < -0.4 is 5.32 Å². The summed E-state index contributed by atoms with van der Waals surface area (Å²) in [6.07, 6.45) is 5.29. The predicted molar refractivity (Wildman–Crippen MR) is 83.3 cm³/mol. The Morgan fingerprint density at radius 3 is 2.86 bits per heavy atom. The molecular weight excluding hydrogens is 278 g/mol. The van der Waals surface area contributed by atoms with Gasteiger partial charge in [-0.05, 0) is 13.0 Å². The number of nitrogens with zero attached hydrogens (tertiary/aromatic N) is 3. The maximum atomic E-state index is 12.1. The summed E-state index contributed by atoms with van der Waals surface area (Å²) < 4.78 is 1.91. The molecule has 112 valence electrons. The van der Waals surface area contributed by atoms with E-state index in [1.165, 1.54) is 5.56 Å². The number of nitrogens with one attached hydrogen (secondary N) is 2. The molecule has 0 aliphatic carbocycles. The molecule has 0 spiro atoms. The van der Waals surface area contributed by atoms with Crippen molar-refractivity contribution in [2.24, 2.45) is 0 Å². The Balaban J connectivity index is 1.60. The lowest BCUT2D eigenvalue weighted by molar-refractivity contribution is 0.0947. The van der Waals surface area contributed by atoms with Crippen LogP contribution in [-0.4, -0.2) is 32.2 Å². The molecule has 0 fully saturated rings. The lowest BCUT2D eigenvalue weighted by Gasteiger charge is -2.03. The van der Waals surface area contributed by atoms with Crippen molar-refractivity contribution in [1.82, 2.24) is 25.1 Å². The van der Waals surface area contributed by atoms with Gasteiger partial charge in [0.25, 0.3) is 5.91 Å². The monoisotopic (exact) mass is 295 g/mol. The molecule has 0 saturated carbocycles. The molecule has 22 heavy (non-hydrogen) atoms. The van der Waals surface area contributed by atoms with E-state index in [2.05, 4.69) is 20.5 Å². The van der Waals surface area contributed by atoms with Gasteiger partial charge < -0.3 is 9.88 Å². The number of imidazole rings is 1. The van der Waals surface area contributed by atoms with E-state index in [0.717, 1.165) is 11.3 Å². The first kappa shape index (κ1) is 14.1. The summed E-state index contributed by atoms with van der Waals surface area (Å²) in [6, 6.07) is 9.79. The van der Waals surface area contributed by atoms with Crippen molar-refractivity contribution in [3.63, 3.8) is 0 Å². The molecule has 2 heterocycles. The van der Waals surface area contributed by atoms with Crippen molar-refractivity contribution >= 4 is 5.91 Å². The molecule has 6 heteroatoms. The maximum Gasteiger partial charge on any atom is 0.269 e. The van der Waals surface area contributed by atoms with Crippen molar-refractivity contribution in [3.05, 3.63) is 60.3 Å². The van der Waals surface area contributed by atoms with Gasteiger partial charge in [0.05, 0.1) is 12.0 Å². The summed E-state index contributed by atoms with van der Waals surface area (Å²) >= 11 is 0. The second kappa shape index (κ2) is 6.26. The number of aryl methyl sites for hydroxylation is 1. The summed E-state index contributed by atoms with van der Waals surface area (Å²) in [6.45, 7) is 3.26. The first-order valence-corrected chi connectivity index (χ1v) is 7.09. The van der Waals surface area contributed by atoms with Crippen LogP contribution >= 0.6 is 0 Å². The fourth-order valence-corrected chi connectivity index (χ4v) is 2.12. The molecule has 1 amide bonds. The van der Waals surface area contributed by atoms with Crippen LogP contribution in [0.1, 0.15) is 16.1 Å². The molecule has 0 radical (unpaired) electrons. The number of aromatic amines is 1. The first-order valence-electron chi connectivity index (χ1n) is 7.09. The number of hydrogen-bond acceptors (Lipinski definition) is 3. The van der Waals surface area contributed by atoms with Crippen LogP contribution in [0.5, 0.6) is 0 Å². The Kier molecular flexibility index (Phi) is 4.00. The minimum atomic E-state index is -0.161. The summed E-state index contributed by atoms with van der Waals surface area (Å²) in [5, 5.41) is 9.83. The van der Waals surface area contributed by atoms with Crippen LogP contribution in [0.3, 0.4) is 0 Å². The van der Waals surface area contributed by atoms with Crippen molar-refractivity contribution in [1.29, 1.82) is 0 Å². The van der Waals surface area contributed by atoms with E-state index in [0.29, 0.717) is 18.8 Å². The maximum absolute atomic E-state index is 12.1. The van der Waals surface area contributed by atoms with E-state index in [1.807, 2.05) is 42.0 Å². The van der Waals surface area contributed by atoms with Crippen LogP contribution in [0.15, 0.2) is 49.1 Å². The number of benzene rings is 1. The van der Waals surface area contributed by atoms with E-state index >= 15 is 0 Å². The molecule has 0 unspecified atom stereocenters. The van der Waals surface area contributed by atoms with Crippen molar-refractivity contribution in [2.45, 2.75) is 13.5 Å². The lowest BCUT2D eigenvalue weighted by Crippen LogP contribution is -2.27. The quantitative estimate of drug-likeness (QED) is 0.756. The average Bonchev–Trinajstić information content (AvgIpc) is 3.19. The minimum Gasteiger partial charge on any atom is -0.349 e. The van der Waals surface area contributed by atoms with Crippen LogP contribution in [0, 0.1) is 6.92 Å². The molecule has 0 aliphatic rings. The van der Waals surface area contributed by atoms with Gasteiger partial charge in [0.1, 0.15) is 5.69 Å². The Morgan fingerprint density at radius 2 is 2.14 bits per heavy atom. The van der Waals surface area contributed by atoms with E-state index in [9.17, 15) is 4.79 Å². The molecular formula is C16H17N5O. The molecule has 3 rings (SSSR count). The van der Waals surface area contributed by atoms with Crippen molar-refractivity contribution < 1.29 is 4.79 Å². The van der Waals surface area contributed by atoms with Crippen molar-refractivity contribution in [2.75, 3.05) is 6.54 Å². The molecule has 3 aromatic rings. The van der Waals surface area contributed by atoms with Gasteiger partial charge in [0, 0.05) is 31.0 Å². The molecule has 6 nitrogen and oxygen atoms in total. The number of H-pyrrole nitrogens is 1. The highest BCUT2D eigenvalue weighted by Crippen LogP contribution is 2.18. The van der Waals surface area contributed by atoms with Gasteiger partial charge in [-0.1, -0.05) is 29.8 Å². The van der Waals surface area contributed by atoms with Gasteiger partial charge in [0.15, 0.2) is 0 Å². The minimum absolute atomic E-state index is 0.161. The Bertz CT molecular complexity index is 743. The summed E-state index contributed by atoms with van der Waals surface area (Å²) in [4.78, 5) is 16.0. The zero-order valence-corrected chi connectivity index (χ0v) is 12.3. The van der Waals surface area contributed by atoms with Crippen LogP contribution in [0.25, 0.3) is 11.3 Å². The molecule has 2 N–H and O–H groups in total. The molecule has 0 atom stereocenters. The lowest BCUT2D eigenvalue weighted by atomic mass is 10.1. The first-order chi connectivity index (χ1) is 10.7. The highest BCUT2D eigenvalue weighted by atomic mass is 16.1. The van der Waals surface area contributed by atoms with Gasteiger partial charge in [-0.15, -0.1) is 0 Å². The number of amides is 1. The SMILES string of the molecule is Cc1ccc(-c2cc(C(=O)NCCn3ccnc3)[nH]n2)cc1. The number of carbonyl (C=O) groups excluding carboxylic acids is 1. The van der Waals surface area contributed by atoms with E-state index in [-0.39, 0.29) is 5.91 Å². The predicted octanol–water partition coefficient (Wildman–Crippen LogP) is 2.01. The van der Waals surface area contributed by atoms with Crippen LogP contribution in [-0.2, 0) is 6.54 Å². The molecule has 0 saturated heterocycles. The fraction of sp³-hybridized carbons (Fsp3) is 0.188. The number of carbonyl (C=O) groups is 1. The highest BCUT2D eigenvalue weighted by Gasteiger charge is 2.10. The number of aromatic nitrogens is 4. The standard InChI is InChI=1S/C16H17N5O/c1-12-2-4-13(5-3-12)14-10-15(20-19-14)16(22)18-7-9-21-8-6-17-11-21/h2-6,8,10-11H,7,9H2,1H3,(H,18,22)(H,19,20). The van der Waals surface area contributed by atoms with E-state index in [4.69, 9.17) is 0 Å². The van der Waals surface area contributed by atoms with Gasteiger partial charge >= 0.3 is 0 Å². The van der Waals surface area contributed by atoms with Crippen LogP contribution in [0.2, 0.25) is 0 Å². The molecule has 0 aliphatic heterocycles. The third-order valence-corrected chi connectivity index (χ3v) is 3.38. The largest absolute Gasteiger partial charge is 0.349 e. The van der Waals surface area contributed by atoms with Gasteiger partial charge in [0.2, 0.25) is 0 Å². The third-order valence-electron chi connectivity index (χ3n) is 3.38. The summed E-state index contributed by atoms with van der Waals surface area (Å²) in [5.74, 6) is -0.161. The number of rotatable bonds is 5.